The Kier molecular flexibility index (Phi) is 5.41. The molecule has 1 aliphatic rings. The van der Waals surface area contributed by atoms with Crippen molar-refractivity contribution in [1.82, 2.24) is 14.9 Å². The summed E-state index contributed by atoms with van der Waals surface area (Å²) in [5, 5.41) is 18.9. The number of hydrogen-bond donors (Lipinski definition) is 0. The maximum absolute atomic E-state index is 5.01. The second-order valence-corrected chi connectivity index (χ2v) is 8.12. The molecule has 5 rings (SSSR count). The van der Waals surface area contributed by atoms with Crippen molar-refractivity contribution in [2.45, 2.75) is 12.5 Å². The van der Waals surface area contributed by atoms with E-state index < -0.39 is 0 Å². The number of aromatic nitrogens is 3. The zero-order chi connectivity index (χ0) is 21.0. The van der Waals surface area contributed by atoms with Crippen LogP contribution in [0.2, 0.25) is 0 Å². The molecule has 3 aromatic carbocycles. The molecule has 6 nitrogen and oxygen atoms in total. The van der Waals surface area contributed by atoms with Crippen LogP contribution in [0.1, 0.15) is 29.2 Å². The van der Waals surface area contributed by atoms with Crippen molar-refractivity contribution in [1.29, 1.82) is 0 Å². The van der Waals surface area contributed by atoms with Crippen molar-refractivity contribution in [3.05, 3.63) is 113 Å². The molecule has 1 aliphatic heterocycles. The van der Waals surface area contributed by atoms with E-state index in [0.29, 0.717) is 0 Å². The number of hydrogen-bond acceptors (Lipinski definition) is 5. The fourth-order valence-electron chi connectivity index (χ4n) is 3.60. The lowest BCUT2D eigenvalue weighted by Crippen LogP contribution is -2.18. The molecule has 0 unspecified atom stereocenters. The van der Waals surface area contributed by atoms with Gasteiger partial charge in [0.25, 0.3) is 0 Å². The SMILES string of the molecule is Brc1ccc([C@H]2CC(c3ccccc3)=NN2c2ccc(/C=N\n3cnnc3)cc2)cc1. The first-order valence-corrected chi connectivity index (χ1v) is 10.7. The minimum Gasteiger partial charge on any atom is -0.257 e. The Morgan fingerprint density at radius 2 is 1.58 bits per heavy atom. The van der Waals surface area contributed by atoms with E-state index in [1.165, 1.54) is 5.56 Å². The lowest BCUT2D eigenvalue weighted by Gasteiger charge is -2.24. The molecule has 0 saturated carbocycles. The van der Waals surface area contributed by atoms with Gasteiger partial charge in [0.1, 0.15) is 12.7 Å². The third-order valence-corrected chi connectivity index (χ3v) is 5.71. The molecule has 1 aromatic heterocycles. The van der Waals surface area contributed by atoms with Crippen molar-refractivity contribution in [2.75, 3.05) is 5.01 Å². The van der Waals surface area contributed by atoms with Crippen LogP contribution in [0.5, 0.6) is 0 Å². The Balaban J connectivity index is 1.45. The van der Waals surface area contributed by atoms with Crippen LogP contribution in [0.3, 0.4) is 0 Å². The summed E-state index contributed by atoms with van der Waals surface area (Å²) in [7, 11) is 0. The summed E-state index contributed by atoms with van der Waals surface area (Å²) in [6.45, 7) is 0. The van der Waals surface area contributed by atoms with Crippen LogP contribution in [0.4, 0.5) is 5.69 Å². The van der Waals surface area contributed by atoms with Crippen molar-refractivity contribution >= 4 is 33.5 Å². The van der Waals surface area contributed by atoms with Gasteiger partial charge in [0, 0.05) is 10.9 Å². The molecule has 7 heteroatoms. The first-order valence-electron chi connectivity index (χ1n) is 9.93. The summed E-state index contributed by atoms with van der Waals surface area (Å²) in [5.41, 5.74) is 5.51. The van der Waals surface area contributed by atoms with Crippen LogP contribution >= 0.6 is 15.9 Å². The van der Waals surface area contributed by atoms with Gasteiger partial charge in [-0.3, -0.25) is 5.01 Å². The van der Waals surface area contributed by atoms with Crippen LogP contribution in [0.25, 0.3) is 0 Å². The molecule has 0 spiro atoms. The highest BCUT2D eigenvalue weighted by Crippen LogP contribution is 2.37. The van der Waals surface area contributed by atoms with Crippen molar-refractivity contribution in [2.24, 2.45) is 10.2 Å². The molecule has 0 amide bonds. The molecule has 4 aromatic rings. The topological polar surface area (TPSA) is 58.7 Å². The fraction of sp³-hybridized carbons (Fsp3) is 0.0833. The third kappa shape index (κ3) is 4.32. The summed E-state index contributed by atoms with van der Waals surface area (Å²) >= 11 is 3.54. The Labute approximate surface area is 188 Å². The van der Waals surface area contributed by atoms with Gasteiger partial charge in [-0.1, -0.05) is 70.5 Å². The van der Waals surface area contributed by atoms with Gasteiger partial charge in [-0.25, -0.2) is 4.68 Å². The molecule has 0 radical (unpaired) electrons. The molecule has 0 bridgehead atoms. The molecule has 1 atom stereocenters. The molecule has 0 fully saturated rings. The molecule has 0 aliphatic carbocycles. The van der Waals surface area contributed by atoms with E-state index in [1.807, 2.05) is 18.2 Å². The first-order chi connectivity index (χ1) is 15.3. The number of nitrogens with zero attached hydrogens (tertiary/aromatic N) is 6. The van der Waals surface area contributed by atoms with Gasteiger partial charge < -0.3 is 0 Å². The van der Waals surface area contributed by atoms with Crippen LogP contribution in [-0.4, -0.2) is 26.8 Å². The van der Waals surface area contributed by atoms with E-state index in [4.69, 9.17) is 5.10 Å². The standard InChI is InChI=1S/C24H19BrN6/c25-21-10-8-20(9-11-21)24-14-23(19-4-2-1-3-5-19)29-31(24)22-12-6-18(7-13-22)15-28-30-16-26-27-17-30/h1-13,15-17,24H,14H2/b28-15-/t24-/m1/s1. The quantitative estimate of drug-likeness (QED) is 0.372. The zero-order valence-corrected chi connectivity index (χ0v) is 18.2. The summed E-state index contributed by atoms with van der Waals surface area (Å²) in [6, 6.07) is 27.2. The highest BCUT2D eigenvalue weighted by atomic mass is 79.9. The van der Waals surface area contributed by atoms with E-state index in [-0.39, 0.29) is 6.04 Å². The minimum absolute atomic E-state index is 0.139. The zero-order valence-electron chi connectivity index (χ0n) is 16.6. The fourth-order valence-corrected chi connectivity index (χ4v) is 3.86. The molecule has 152 valence electrons. The summed E-state index contributed by atoms with van der Waals surface area (Å²) in [6.07, 6.45) is 5.74. The molecule has 0 N–H and O–H groups in total. The molecule has 31 heavy (non-hydrogen) atoms. The average molecular weight is 471 g/mol. The number of rotatable bonds is 5. The van der Waals surface area contributed by atoms with E-state index in [1.54, 1.807) is 23.5 Å². The van der Waals surface area contributed by atoms with Crippen LogP contribution in [-0.2, 0) is 0 Å². The summed E-state index contributed by atoms with van der Waals surface area (Å²) < 4.78 is 2.63. The second kappa shape index (κ2) is 8.65. The molecule has 0 saturated heterocycles. The lowest BCUT2D eigenvalue weighted by atomic mass is 9.98. The smallest absolute Gasteiger partial charge is 0.141 e. The number of benzene rings is 3. The highest BCUT2D eigenvalue weighted by Gasteiger charge is 2.29. The van der Waals surface area contributed by atoms with Gasteiger partial charge in [0.2, 0.25) is 0 Å². The Bertz CT molecular complexity index is 1200. The largest absolute Gasteiger partial charge is 0.257 e. The maximum Gasteiger partial charge on any atom is 0.141 e. The third-order valence-electron chi connectivity index (χ3n) is 5.18. The minimum atomic E-state index is 0.139. The second-order valence-electron chi connectivity index (χ2n) is 7.21. The van der Waals surface area contributed by atoms with Gasteiger partial charge in [0.15, 0.2) is 0 Å². The normalized spacial score (nSPS) is 16.1. The molecule has 2 heterocycles. The van der Waals surface area contributed by atoms with Crippen LogP contribution in [0.15, 0.2) is 106 Å². The number of halogens is 1. The van der Waals surface area contributed by atoms with Crippen molar-refractivity contribution < 1.29 is 0 Å². The Morgan fingerprint density at radius 3 is 2.29 bits per heavy atom. The van der Waals surface area contributed by atoms with Crippen LogP contribution < -0.4 is 5.01 Å². The maximum atomic E-state index is 5.01. The monoisotopic (exact) mass is 470 g/mol. The highest BCUT2D eigenvalue weighted by molar-refractivity contribution is 9.10. The van der Waals surface area contributed by atoms with Crippen LogP contribution in [0, 0.1) is 0 Å². The van der Waals surface area contributed by atoms with E-state index in [2.05, 4.69) is 96.9 Å². The number of hydrazone groups is 1. The van der Waals surface area contributed by atoms with Gasteiger partial charge >= 0.3 is 0 Å². The van der Waals surface area contributed by atoms with Gasteiger partial charge in [-0.2, -0.15) is 10.2 Å². The predicted molar refractivity (Wildman–Crippen MR) is 126 cm³/mol. The predicted octanol–water partition coefficient (Wildman–Crippen LogP) is 5.28. The Hall–Kier alpha value is -3.58. The van der Waals surface area contributed by atoms with Crippen molar-refractivity contribution in [3.8, 4) is 0 Å². The molecular weight excluding hydrogens is 452 g/mol. The van der Waals surface area contributed by atoms with E-state index >= 15 is 0 Å². The lowest BCUT2D eigenvalue weighted by molar-refractivity contribution is 0.709. The summed E-state index contributed by atoms with van der Waals surface area (Å²) in [4.78, 5) is 0. The summed E-state index contributed by atoms with van der Waals surface area (Å²) in [5.74, 6) is 0. The Morgan fingerprint density at radius 1 is 0.871 bits per heavy atom. The van der Waals surface area contributed by atoms with Gasteiger partial charge in [-0.05, 0) is 41.0 Å². The van der Waals surface area contributed by atoms with E-state index in [9.17, 15) is 0 Å². The first kappa shape index (κ1) is 19.4. The molecular formula is C24H19BrN6. The number of anilines is 1. The van der Waals surface area contributed by atoms with Crippen molar-refractivity contribution in [3.63, 3.8) is 0 Å². The van der Waals surface area contributed by atoms with Gasteiger partial charge in [-0.15, -0.1) is 10.2 Å². The van der Waals surface area contributed by atoms with E-state index in [0.717, 1.165) is 33.4 Å². The van der Waals surface area contributed by atoms with Gasteiger partial charge in [0.05, 0.1) is 23.7 Å². The average Bonchev–Trinajstić information content (AvgIpc) is 3.50.